The van der Waals surface area contributed by atoms with Crippen LogP contribution in [0.15, 0.2) is 24.3 Å². The number of hydrogen-bond donors (Lipinski definition) is 0. The lowest BCUT2D eigenvalue weighted by Crippen LogP contribution is -1.99. The van der Waals surface area contributed by atoms with Crippen molar-refractivity contribution in [1.82, 2.24) is 0 Å². The summed E-state index contributed by atoms with van der Waals surface area (Å²) in [5.74, 6) is 0.996. The van der Waals surface area contributed by atoms with Crippen LogP contribution in [0.1, 0.15) is 31.7 Å². The highest BCUT2D eigenvalue weighted by atomic mass is 16.5. The molecule has 0 saturated carbocycles. The normalized spacial score (nSPS) is 10.6. The maximum absolute atomic E-state index is 11.0. The largest absolute Gasteiger partial charge is 0.493 e. The minimum atomic E-state index is -0.385. The van der Waals surface area contributed by atoms with Crippen LogP contribution in [0.5, 0.6) is 11.5 Å². The standard InChI is InChI=1S/C16H22O4/c1-4-5-6-11-20-14-9-7-13(12-15(14)18-2)8-10-16(17)19-3/h7-10,12H,4-6,11H2,1-3H3/b10-8+. The number of carbonyl (C=O) groups excluding carboxylic acids is 1. The number of esters is 1. The lowest BCUT2D eigenvalue weighted by atomic mass is 10.2. The highest BCUT2D eigenvalue weighted by Gasteiger charge is 2.05. The maximum atomic E-state index is 11.0. The summed E-state index contributed by atoms with van der Waals surface area (Å²) in [4.78, 5) is 11.0. The Hall–Kier alpha value is -1.97. The molecule has 0 amide bonds. The van der Waals surface area contributed by atoms with Crippen LogP contribution in [0.25, 0.3) is 6.08 Å². The number of unbranched alkanes of at least 4 members (excludes halogenated alkanes) is 2. The van der Waals surface area contributed by atoms with Crippen molar-refractivity contribution in [2.75, 3.05) is 20.8 Å². The van der Waals surface area contributed by atoms with E-state index in [1.165, 1.54) is 13.2 Å². The molecule has 0 N–H and O–H groups in total. The molecule has 1 aromatic carbocycles. The molecule has 1 aromatic rings. The van der Waals surface area contributed by atoms with Gasteiger partial charge in [0.05, 0.1) is 20.8 Å². The molecule has 4 nitrogen and oxygen atoms in total. The summed E-state index contributed by atoms with van der Waals surface area (Å²) >= 11 is 0. The molecule has 110 valence electrons. The summed E-state index contributed by atoms with van der Waals surface area (Å²) < 4.78 is 15.5. The lowest BCUT2D eigenvalue weighted by molar-refractivity contribution is -0.134. The molecule has 0 fully saturated rings. The molecule has 0 heterocycles. The van der Waals surface area contributed by atoms with Gasteiger partial charge < -0.3 is 14.2 Å². The van der Waals surface area contributed by atoms with Crippen molar-refractivity contribution in [1.29, 1.82) is 0 Å². The van der Waals surface area contributed by atoms with Gasteiger partial charge in [0, 0.05) is 6.08 Å². The predicted octanol–water partition coefficient (Wildman–Crippen LogP) is 3.45. The van der Waals surface area contributed by atoms with E-state index < -0.39 is 0 Å². The van der Waals surface area contributed by atoms with E-state index in [1.54, 1.807) is 13.2 Å². The van der Waals surface area contributed by atoms with Crippen molar-refractivity contribution in [3.63, 3.8) is 0 Å². The fraction of sp³-hybridized carbons (Fsp3) is 0.438. The Kier molecular flexibility index (Phi) is 7.25. The van der Waals surface area contributed by atoms with Crippen molar-refractivity contribution in [2.45, 2.75) is 26.2 Å². The van der Waals surface area contributed by atoms with E-state index in [1.807, 2.05) is 18.2 Å². The minimum Gasteiger partial charge on any atom is -0.493 e. The molecule has 4 heteroatoms. The molecule has 0 aliphatic carbocycles. The topological polar surface area (TPSA) is 44.8 Å². The Bertz CT molecular complexity index is 452. The second-order valence-electron chi connectivity index (χ2n) is 4.32. The van der Waals surface area contributed by atoms with Gasteiger partial charge in [-0.25, -0.2) is 4.79 Å². The number of rotatable bonds is 8. The zero-order valence-electron chi connectivity index (χ0n) is 12.3. The van der Waals surface area contributed by atoms with Gasteiger partial charge in [-0.15, -0.1) is 0 Å². The third-order valence-corrected chi connectivity index (χ3v) is 2.81. The first-order chi connectivity index (χ1) is 9.71. The summed E-state index contributed by atoms with van der Waals surface area (Å²) in [6.07, 6.45) is 6.40. The summed E-state index contributed by atoms with van der Waals surface area (Å²) in [5, 5.41) is 0. The van der Waals surface area contributed by atoms with Gasteiger partial charge in [0.1, 0.15) is 0 Å². The fourth-order valence-corrected chi connectivity index (χ4v) is 1.67. The van der Waals surface area contributed by atoms with Gasteiger partial charge in [-0.1, -0.05) is 25.8 Å². The quantitative estimate of drug-likeness (QED) is 0.415. The Morgan fingerprint density at radius 1 is 1.20 bits per heavy atom. The van der Waals surface area contributed by atoms with Crippen LogP contribution in [0.3, 0.4) is 0 Å². The third kappa shape index (κ3) is 5.34. The van der Waals surface area contributed by atoms with Crippen LogP contribution >= 0.6 is 0 Å². The summed E-state index contributed by atoms with van der Waals surface area (Å²) in [6, 6.07) is 5.55. The molecule has 0 radical (unpaired) electrons. The van der Waals surface area contributed by atoms with Gasteiger partial charge in [0.25, 0.3) is 0 Å². The molecular weight excluding hydrogens is 256 g/mol. The lowest BCUT2D eigenvalue weighted by Gasteiger charge is -2.11. The highest BCUT2D eigenvalue weighted by Crippen LogP contribution is 2.28. The van der Waals surface area contributed by atoms with E-state index in [9.17, 15) is 4.79 Å². The van der Waals surface area contributed by atoms with E-state index in [-0.39, 0.29) is 5.97 Å². The second kappa shape index (κ2) is 9.02. The molecule has 0 atom stereocenters. The second-order valence-corrected chi connectivity index (χ2v) is 4.32. The first-order valence-corrected chi connectivity index (χ1v) is 6.78. The Balaban J connectivity index is 2.69. The average Bonchev–Trinajstić information content (AvgIpc) is 2.49. The summed E-state index contributed by atoms with van der Waals surface area (Å²) in [6.45, 7) is 2.84. The molecule has 0 unspecified atom stereocenters. The maximum Gasteiger partial charge on any atom is 0.330 e. The van der Waals surface area contributed by atoms with E-state index in [2.05, 4.69) is 11.7 Å². The molecule has 0 aliphatic heterocycles. The van der Waals surface area contributed by atoms with E-state index >= 15 is 0 Å². The van der Waals surface area contributed by atoms with Crippen LogP contribution < -0.4 is 9.47 Å². The van der Waals surface area contributed by atoms with Crippen LogP contribution in [-0.2, 0) is 9.53 Å². The molecular formula is C16H22O4. The number of benzene rings is 1. The smallest absolute Gasteiger partial charge is 0.330 e. The third-order valence-electron chi connectivity index (χ3n) is 2.81. The van der Waals surface area contributed by atoms with Crippen LogP contribution in [-0.4, -0.2) is 26.8 Å². The van der Waals surface area contributed by atoms with Crippen molar-refractivity contribution >= 4 is 12.0 Å². The predicted molar refractivity (Wildman–Crippen MR) is 79.1 cm³/mol. The monoisotopic (exact) mass is 278 g/mol. The minimum absolute atomic E-state index is 0.385. The van der Waals surface area contributed by atoms with Gasteiger partial charge in [0.15, 0.2) is 11.5 Å². The van der Waals surface area contributed by atoms with Gasteiger partial charge >= 0.3 is 5.97 Å². The van der Waals surface area contributed by atoms with E-state index in [0.29, 0.717) is 12.4 Å². The zero-order chi connectivity index (χ0) is 14.8. The van der Waals surface area contributed by atoms with Crippen LogP contribution in [0.4, 0.5) is 0 Å². The number of methoxy groups -OCH3 is 2. The fourth-order valence-electron chi connectivity index (χ4n) is 1.67. The molecule has 20 heavy (non-hydrogen) atoms. The van der Waals surface area contributed by atoms with Gasteiger partial charge in [-0.3, -0.25) is 0 Å². The van der Waals surface area contributed by atoms with Crippen molar-refractivity contribution in [2.24, 2.45) is 0 Å². The van der Waals surface area contributed by atoms with Gasteiger partial charge in [-0.2, -0.15) is 0 Å². The Labute approximate surface area is 120 Å². The molecule has 0 aliphatic rings. The van der Waals surface area contributed by atoms with E-state index in [0.717, 1.165) is 30.6 Å². The van der Waals surface area contributed by atoms with E-state index in [4.69, 9.17) is 9.47 Å². The number of hydrogen-bond acceptors (Lipinski definition) is 4. The zero-order valence-corrected chi connectivity index (χ0v) is 12.3. The molecule has 0 aromatic heterocycles. The summed E-state index contributed by atoms with van der Waals surface area (Å²) in [5.41, 5.74) is 0.855. The molecule has 0 spiro atoms. The highest BCUT2D eigenvalue weighted by molar-refractivity contribution is 5.87. The first kappa shape index (κ1) is 16.1. The number of ether oxygens (including phenoxy) is 3. The van der Waals surface area contributed by atoms with Crippen molar-refractivity contribution in [3.05, 3.63) is 29.8 Å². The molecule has 0 saturated heterocycles. The van der Waals surface area contributed by atoms with Crippen molar-refractivity contribution in [3.8, 4) is 11.5 Å². The SMILES string of the molecule is CCCCCOc1ccc(/C=C/C(=O)OC)cc1OC. The molecule has 0 bridgehead atoms. The van der Waals surface area contributed by atoms with Gasteiger partial charge in [-0.05, 0) is 30.2 Å². The number of carbonyl (C=O) groups is 1. The summed E-state index contributed by atoms with van der Waals surface area (Å²) in [7, 11) is 2.95. The Morgan fingerprint density at radius 3 is 2.65 bits per heavy atom. The Morgan fingerprint density at radius 2 is 2.00 bits per heavy atom. The molecule has 1 rings (SSSR count). The van der Waals surface area contributed by atoms with Crippen molar-refractivity contribution < 1.29 is 19.0 Å². The van der Waals surface area contributed by atoms with Gasteiger partial charge in [0.2, 0.25) is 0 Å². The van der Waals surface area contributed by atoms with Crippen LogP contribution in [0, 0.1) is 0 Å². The average molecular weight is 278 g/mol. The first-order valence-electron chi connectivity index (χ1n) is 6.78. The van der Waals surface area contributed by atoms with Crippen LogP contribution in [0.2, 0.25) is 0 Å².